The molecule has 5 nitrogen and oxygen atoms in total. The van der Waals surface area contributed by atoms with E-state index in [1.807, 2.05) is 36.7 Å². The Bertz CT molecular complexity index is 972. The number of benzene rings is 1. The van der Waals surface area contributed by atoms with E-state index < -0.39 is 0 Å². The molecule has 0 spiro atoms. The number of amides is 1. The highest BCUT2D eigenvalue weighted by Gasteiger charge is 2.11. The minimum atomic E-state index is -0.0473. The van der Waals surface area contributed by atoms with Gasteiger partial charge in [0.05, 0.1) is 12.2 Å². The van der Waals surface area contributed by atoms with Gasteiger partial charge in [0.1, 0.15) is 0 Å². The van der Waals surface area contributed by atoms with Crippen molar-refractivity contribution in [3.05, 3.63) is 88.5 Å². The lowest BCUT2D eigenvalue weighted by atomic mass is 10.1. The Morgan fingerprint density at radius 2 is 1.86 bits per heavy atom. The summed E-state index contributed by atoms with van der Waals surface area (Å²) in [7, 11) is 1.79. The quantitative estimate of drug-likeness (QED) is 0.615. The molecule has 5 heteroatoms. The first-order valence-electron chi connectivity index (χ1n) is 9.35. The van der Waals surface area contributed by atoms with Crippen LogP contribution in [0.4, 0.5) is 0 Å². The lowest BCUT2D eigenvalue weighted by molar-refractivity contribution is -0.125. The first-order valence-corrected chi connectivity index (χ1v) is 9.35. The molecule has 144 valence electrons. The molecule has 0 aliphatic rings. The maximum Gasteiger partial charge on any atom is 0.246 e. The van der Waals surface area contributed by atoms with E-state index in [0.717, 1.165) is 29.1 Å². The van der Waals surface area contributed by atoms with E-state index in [9.17, 15) is 4.79 Å². The van der Waals surface area contributed by atoms with Crippen LogP contribution in [0.1, 0.15) is 33.6 Å². The van der Waals surface area contributed by atoms with Crippen LogP contribution in [0.2, 0.25) is 0 Å². The molecule has 0 N–H and O–H groups in total. The summed E-state index contributed by atoms with van der Waals surface area (Å²) in [6.07, 6.45) is 6.98. The van der Waals surface area contributed by atoms with Crippen molar-refractivity contribution in [2.24, 2.45) is 0 Å². The molecule has 1 amide bonds. The van der Waals surface area contributed by atoms with Gasteiger partial charge in [0.25, 0.3) is 0 Å². The Kier molecular flexibility index (Phi) is 6.04. The van der Waals surface area contributed by atoms with Crippen molar-refractivity contribution >= 4 is 12.0 Å². The molecule has 0 bridgehead atoms. The zero-order valence-corrected chi connectivity index (χ0v) is 16.9. The van der Waals surface area contributed by atoms with Crippen LogP contribution in [0.3, 0.4) is 0 Å². The molecular weight excluding hydrogens is 348 g/mol. The van der Waals surface area contributed by atoms with Gasteiger partial charge in [-0.15, -0.1) is 0 Å². The predicted molar refractivity (Wildman–Crippen MR) is 112 cm³/mol. The molecule has 0 saturated heterocycles. The van der Waals surface area contributed by atoms with E-state index in [4.69, 9.17) is 0 Å². The van der Waals surface area contributed by atoms with E-state index in [1.54, 1.807) is 30.4 Å². The van der Waals surface area contributed by atoms with Gasteiger partial charge in [-0.2, -0.15) is 5.10 Å². The number of rotatable bonds is 6. The van der Waals surface area contributed by atoms with Gasteiger partial charge in [-0.25, -0.2) is 0 Å². The van der Waals surface area contributed by atoms with E-state index >= 15 is 0 Å². The van der Waals surface area contributed by atoms with Gasteiger partial charge in [-0.3, -0.25) is 14.5 Å². The van der Waals surface area contributed by atoms with Gasteiger partial charge in [-0.05, 0) is 44.0 Å². The monoisotopic (exact) mass is 374 g/mol. The highest BCUT2D eigenvalue weighted by atomic mass is 16.2. The lowest BCUT2D eigenvalue weighted by Crippen LogP contribution is -2.24. The average Bonchev–Trinajstić information content (AvgIpc) is 2.95. The minimum absolute atomic E-state index is 0.0473. The largest absolute Gasteiger partial charge is 0.338 e. The van der Waals surface area contributed by atoms with Crippen LogP contribution in [0.15, 0.2) is 54.9 Å². The maximum atomic E-state index is 12.5. The Morgan fingerprint density at radius 3 is 2.54 bits per heavy atom. The zero-order valence-electron chi connectivity index (χ0n) is 16.9. The van der Waals surface area contributed by atoms with Gasteiger partial charge in [0.15, 0.2) is 0 Å². The first-order chi connectivity index (χ1) is 13.4. The summed E-state index contributed by atoms with van der Waals surface area (Å²) in [5, 5.41) is 4.65. The molecule has 2 heterocycles. The molecule has 28 heavy (non-hydrogen) atoms. The van der Waals surface area contributed by atoms with Crippen LogP contribution in [-0.4, -0.2) is 32.6 Å². The fraction of sp³-hybridized carbons (Fsp3) is 0.261. The van der Waals surface area contributed by atoms with E-state index in [-0.39, 0.29) is 5.91 Å². The van der Waals surface area contributed by atoms with Crippen LogP contribution in [0.5, 0.6) is 0 Å². The number of carbonyl (C=O) groups is 1. The predicted octanol–water partition coefficient (Wildman–Crippen LogP) is 3.92. The van der Waals surface area contributed by atoms with Crippen LogP contribution in [-0.2, 0) is 17.9 Å². The van der Waals surface area contributed by atoms with Gasteiger partial charge < -0.3 is 4.90 Å². The summed E-state index contributed by atoms with van der Waals surface area (Å²) >= 11 is 0. The topological polar surface area (TPSA) is 51.0 Å². The van der Waals surface area contributed by atoms with Crippen LogP contribution < -0.4 is 0 Å². The third-order valence-corrected chi connectivity index (χ3v) is 4.80. The molecule has 0 fully saturated rings. The number of carbonyl (C=O) groups excluding carboxylic acids is 1. The number of aryl methyl sites for hydroxylation is 2. The van der Waals surface area contributed by atoms with Crippen molar-refractivity contribution in [3.8, 4) is 0 Å². The molecule has 1 aromatic carbocycles. The van der Waals surface area contributed by atoms with Gasteiger partial charge in [0, 0.05) is 43.3 Å². The van der Waals surface area contributed by atoms with E-state index in [1.165, 1.54) is 11.1 Å². The Morgan fingerprint density at radius 1 is 1.11 bits per heavy atom. The summed E-state index contributed by atoms with van der Waals surface area (Å²) in [4.78, 5) is 18.2. The van der Waals surface area contributed by atoms with Crippen molar-refractivity contribution in [1.82, 2.24) is 19.7 Å². The van der Waals surface area contributed by atoms with Gasteiger partial charge in [0.2, 0.25) is 5.91 Å². The van der Waals surface area contributed by atoms with E-state index in [0.29, 0.717) is 6.54 Å². The summed E-state index contributed by atoms with van der Waals surface area (Å²) in [5.41, 5.74) is 6.43. The molecular formula is C23H26N4O. The second-order valence-electron chi connectivity index (χ2n) is 7.12. The van der Waals surface area contributed by atoms with Crippen molar-refractivity contribution in [1.29, 1.82) is 0 Å². The maximum absolute atomic E-state index is 12.5. The highest BCUT2D eigenvalue weighted by molar-refractivity contribution is 5.91. The second-order valence-corrected chi connectivity index (χ2v) is 7.12. The molecule has 0 aliphatic heterocycles. The van der Waals surface area contributed by atoms with Crippen molar-refractivity contribution in [2.75, 3.05) is 7.05 Å². The third-order valence-electron chi connectivity index (χ3n) is 4.80. The van der Waals surface area contributed by atoms with Crippen molar-refractivity contribution in [3.63, 3.8) is 0 Å². The fourth-order valence-electron chi connectivity index (χ4n) is 3.10. The first kappa shape index (κ1) is 19.5. The number of pyridine rings is 1. The van der Waals surface area contributed by atoms with Crippen LogP contribution in [0, 0.1) is 20.8 Å². The van der Waals surface area contributed by atoms with Crippen molar-refractivity contribution < 1.29 is 4.79 Å². The number of aromatic nitrogens is 3. The molecule has 0 aliphatic carbocycles. The summed E-state index contributed by atoms with van der Waals surface area (Å²) in [5.74, 6) is -0.0473. The SMILES string of the molecule is Cc1ccc(Cn2nc(C)c(C=CC(=O)N(C)Cc3cccnc3)c2C)cc1. The normalized spacial score (nSPS) is 11.1. The standard InChI is InChI=1S/C23H26N4O/c1-17-7-9-20(10-8-17)16-27-19(3)22(18(2)25-27)11-12-23(28)26(4)15-21-6-5-13-24-14-21/h5-14H,15-16H2,1-4H3. The Labute approximate surface area is 166 Å². The van der Waals surface area contributed by atoms with Gasteiger partial charge >= 0.3 is 0 Å². The number of hydrogen-bond donors (Lipinski definition) is 0. The fourth-order valence-corrected chi connectivity index (χ4v) is 3.10. The average molecular weight is 374 g/mol. The van der Waals surface area contributed by atoms with Gasteiger partial charge in [-0.1, -0.05) is 35.9 Å². The zero-order chi connectivity index (χ0) is 20.1. The second kappa shape index (κ2) is 8.65. The molecule has 0 saturated carbocycles. The molecule has 3 rings (SSSR count). The molecule has 0 unspecified atom stereocenters. The van der Waals surface area contributed by atoms with Crippen LogP contribution in [0.25, 0.3) is 6.08 Å². The van der Waals surface area contributed by atoms with E-state index in [2.05, 4.69) is 41.3 Å². The third kappa shape index (κ3) is 4.74. The highest BCUT2D eigenvalue weighted by Crippen LogP contribution is 2.17. The molecule has 2 aromatic heterocycles. The summed E-state index contributed by atoms with van der Waals surface area (Å²) in [6, 6.07) is 12.3. The minimum Gasteiger partial charge on any atom is -0.338 e. The lowest BCUT2D eigenvalue weighted by Gasteiger charge is -2.14. The number of hydrogen-bond acceptors (Lipinski definition) is 3. The van der Waals surface area contributed by atoms with Crippen molar-refractivity contribution in [2.45, 2.75) is 33.9 Å². The number of likely N-dealkylation sites (N-methyl/N-ethyl adjacent to an activating group) is 1. The Balaban J connectivity index is 1.70. The summed E-state index contributed by atoms with van der Waals surface area (Å²) in [6.45, 7) is 7.34. The molecule has 0 radical (unpaired) electrons. The summed E-state index contributed by atoms with van der Waals surface area (Å²) < 4.78 is 1.99. The molecule has 3 aromatic rings. The van der Waals surface area contributed by atoms with Crippen LogP contribution >= 0.6 is 0 Å². The molecule has 0 atom stereocenters. The Hall–Kier alpha value is -3.21. The smallest absolute Gasteiger partial charge is 0.246 e. The number of nitrogens with zero attached hydrogens (tertiary/aromatic N) is 4.